The van der Waals surface area contributed by atoms with E-state index in [0.717, 1.165) is 26.2 Å². The highest BCUT2D eigenvalue weighted by molar-refractivity contribution is 7.10. The molecule has 2 rings (SSSR count). The van der Waals surface area contributed by atoms with Crippen molar-refractivity contribution in [1.82, 2.24) is 4.90 Å². The summed E-state index contributed by atoms with van der Waals surface area (Å²) in [4.78, 5) is 16.0. The highest BCUT2D eigenvalue weighted by Gasteiger charge is 2.17. The van der Waals surface area contributed by atoms with Crippen LogP contribution in [0.15, 0.2) is 41.8 Å². The van der Waals surface area contributed by atoms with Crippen LogP contribution in [0.2, 0.25) is 0 Å². The Morgan fingerprint density at radius 3 is 2.68 bits per heavy atom. The molecule has 0 unspecified atom stereocenters. The number of nitrogens with zero attached hydrogens (tertiary/aromatic N) is 1. The van der Waals surface area contributed by atoms with Crippen molar-refractivity contribution in [3.05, 3.63) is 57.8 Å². The summed E-state index contributed by atoms with van der Waals surface area (Å²) in [5, 5.41) is 4.18. The van der Waals surface area contributed by atoms with E-state index in [9.17, 15) is 4.79 Å². The zero-order chi connectivity index (χ0) is 17.9. The minimum absolute atomic E-state index is 0.188. The first kappa shape index (κ1) is 19.6. The van der Waals surface area contributed by atoms with Crippen LogP contribution in [0.4, 0.5) is 0 Å². The molecular weight excluding hydrogens is 332 g/mol. The zero-order valence-electron chi connectivity index (χ0n) is 15.2. The summed E-state index contributed by atoms with van der Waals surface area (Å²) in [5.41, 5.74) is 2.43. The van der Waals surface area contributed by atoms with E-state index in [1.54, 1.807) is 11.3 Å². The summed E-state index contributed by atoms with van der Waals surface area (Å²) >= 11 is 1.72. The molecule has 1 amide bonds. The van der Waals surface area contributed by atoms with Crippen molar-refractivity contribution >= 4 is 17.2 Å². The molecule has 0 bridgehead atoms. The largest absolute Gasteiger partial charge is 0.382 e. The maximum atomic E-state index is 12.7. The van der Waals surface area contributed by atoms with Crippen LogP contribution in [0.3, 0.4) is 0 Å². The van der Waals surface area contributed by atoms with E-state index in [0.29, 0.717) is 19.6 Å². The zero-order valence-corrected chi connectivity index (χ0v) is 16.1. The number of rotatable bonds is 11. The maximum Gasteiger partial charge on any atom is 0.278 e. The maximum absolute atomic E-state index is 12.7. The van der Waals surface area contributed by atoms with Gasteiger partial charge in [0.05, 0.1) is 19.7 Å². The second-order valence-electron chi connectivity index (χ2n) is 6.09. The van der Waals surface area contributed by atoms with Gasteiger partial charge in [-0.05, 0) is 36.4 Å². The van der Waals surface area contributed by atoms with Gasteiger partial charge in [-0.15, -0.1) is 11.3 Å². The summed E-state index contributed by atoms with van der Waals surface area (Å²) in [7, 11) is 0. The predicted octanol–water partition coefficient (Wildman–Crippen LogP) is 2.58. The quantitative estimate of drug-likeness (QED) is 0.625. The van der Waals surface area contributed by atoms with Gasteiger partial charge in [-0.3, -0.25) is 4.79 Å². The van der Waals surface area contributed by atoms with Crippen LogP contribution in [0.1, 0.15) is 29.3 Å². The van der Waals surface area contributed by atoms with Crippen LogP contribution in [-0.4, -0.2) is 37.1 Å². The van der Waals surface area contributed by atoms with Crippen molar-refractivity contribution in [3.63, 3.8) is 0 Å². The SMILES string of the molecule is CCOCCC[NH2+]CC(=O)N(Cc1ccccc1)Cc1sccc1C. The lowest BCUT2D eigenvalue weighted by Crippen LogP contribution is -2.86. The molecule has 136 valence electrons. The minimum atomic E-state index is 0.188. The Bertz CT molecular complexity index is 628. The summed E-state index contributed by atoms with van der Waals surface area (Å²) in [6.45, 7) is 8.38. The lowest BCUT2D eigenvalue weighted by Gasteiger charge is -2.22. The van der Waals surface area contributed by atoms with Gasteiger partial charge in [-0.2, -0.15) is 0 Å². The molecular formula is C20H29N2O2S+. The third kappa shape index (κ3) is 6.98. The van der Waals surface area contributed by atoms with Crippen LogP contribution in [-0.2, 0) is 22.6 Å². The topological polar surface area (TPSA) is 46.1 Å². The molecule has 0 aliphatic carbocycles. The number of nitrogens with two attached hydrogens (primary N) is 1. The molecule has 25 heavy (non-hydrogen) atoms. The number of ether oxygens (including phenoxy) is 1. The van der Waals surface area contributed by atoms with Crippen LogP contribution < -0.4 is 5.32 Å². The standard InChI is InChI=1S/C20H28N2O2S/c1-3-24-12-7-11-21-14-20(23)22(15-18-8-5-4-6-9-18)16-19-17(2)10-13-25-19/h4-6,8-10,13,21H,3,7,11-12,14-16H2,1-2H3/p+1. The summed E-state index contributed by atoms with van der Waals surface area (Å²) in [5.74, 6) is 0.188. The smallest absolute Gasteiger partial charge is 0.278 e. The van der Waals surface area contributed by atoms with Crippen LogP contribution in [0.25, 0.3) is 0 Å². The Labute approximate surface area is 154 Å². The molecule has 4 nitrogen and oxygen atoms in total. The number of benzene rings is 1. The second kappa shape index (κ2) is 11.0. The van der Waals surface area contributed by atoms with Crippen LogP contribution in [0.5, 0.6) is 0 Å². The molecule has 1 aromatic heterocycles. The van der Waals surface area contributed by atoms with E-state index in [1.807, 2.05) is 30.0 Å². The van der Waals surface area contributed by atoms with E-state index in [1.165, 1.54) is 16.0 Å². The first-order valence-electron chi connectivity index (χ1n) is 8.94. The number of carbonyl (C=O) groups is 1. The van der Waals surface area contributed by atoms with Crippen molar-refractivity contribution in [2.24, 2.45) is 0 Å². The second-order valence-corrected chi connectivity index (χ2v) is 7.09. The molecule has 5 heteroatoms. The molecule has 0 fully saturated rings. The average molecular weight is 362 g/mol. The molecule has 0 saturated carbocycles. The van der Waals surface area contributed by atoms with Crippen molar-refractivity contribution in [2.75, 3.05) is 26.3 Å². The van der Waals surface area contributed by atoms with Gasteiger partial charge in [0.25, 0.3) is 5.91 Å². The van der Waals surface area contributed by atoms with Crippen molar-refractivity contribution < 1.29 is 14.8 Å². The van der Waals surface area contributed by atoms with Crippen LogP contribution in [0, 0.1) is 6.92 Å². The lowest BCUT2D eigenvalue weighted by molar-refractivity contribution is -0.645. The van der Waals surface area contributed by atoms with Gasteiger partial charge in [0.2, 0.25) is 0 Å². The molecule has 0 radical (unpaired) electrons. The summed E-state index contributed by atoms with van der Waals surface area (Å²) in [6.07, 6.45) is 0.976. The Kier molecular flexibility index (Phi) is 8.66. The Morgan fingerprint density at radius 2 is 2.00 bits per heavy atom. The molecule has 0 saturated heterocycles. The van der Waals surface area contributed by atoms with E-state index in [-0.39, 0.29) is 5.91 Å². The third-order valence-corrected chi connectivity index (χ3v) is 5.10. The Hall–Kier alpha value is -1.69. The van der Waals surface area contributed by atoms with Crippen molar-refractivity contribution in [2.45, 2.75) is 33.4 Å². The van der Waals surface area contributed by atoms with Gasteiger partial charge in [0.15, 0.2) is 6.54 Å². The number of carbonyl (C=O) groups excluding carboxylic acids is 1. The van der Waals surface area contributed by atoms with Crippen molar-refractivity contribution in [1.29, 1.82) is 0 Å². The molecule has 0 atom stereocenters. The van der Waals surface area contributed by atoms with Crippen LogP contribution >= 0.6 is 11.3 Å². The number of hydrogen-bond donors (Lipinski definition) is 1. The van der Waals surface area contributed by atoms with E-state index in [2.05, 4.69) is 35.8 Å². The summed E-state index contributed by atoms with van der Waals surface area (Å²) in [6, 6.07) is 12.3. The van der Waals surface area contributed by atoms with Gasteiger partial charge in [0.1, 0.15) is 0 Å². The predicted molar refractivity (Wildman–Crippen MR) is 103 cm³/mol. The Balaban J connectivity index is 1.91. The van der Waals surface area contributed by atoms with Crippen molar-refractivity contribution in [3.8, 4) is 0 Å². The molecule has 1 heterocycles. The number of quaternary nitrogens is 1. The highest BCUT2D eigenvalue weighted by Crippen LogP contribution is 2.19. The van der Waals surface area contributed by atoms with E-state index in [4.69, 9.17) is 4.74 Å². The van der Waals surface area contributed by atoms with Gasteiger partial charge in [0, 0.05) is 24.4 Å². The average Bonchev–Trinajstić information content (AvgIpc) is 3.03. The molecule has 2 aromatic rings. The summed E-state index contributed by atoms with van der Waals surface area (Å²) < 4.78 is 5.34. The molecule has 0 spiro atoms. The van der Waals surface area contributed by atoms with Gasteiger partial charge < -0.3 is 15.0 Å². The number of thiophene rings is 1. The molecule has 1 aromatic carbocycles. The fraction of sp³-hybridized carbons (Fsp3) is 0.450. The number of amides is 1. The molecule has 0 aliphatic heterocycles. The van der Waals surface area contributed by atoms with E-state index >= 15 is 0 Å². The molecule has 0 aliphatic rings. The fourth-order valence-electron chi connectivity index (χ4n) is 2.60. The van der Waals surface area contributed by atoms with E-state index < -0.39 is 0 Å². The number of hydrogen-bond acceptors (Lipinski definition) is 3. The first-order valence-corrected chi connectivity index (χ1v) is 9.82. The minimum Gasteiger partial charge on any atom is -0.382 e. The van der Waals surface area contributed by atoms with Gasteiger partial charge in [-0.1, -0.05) is 30.3 Å². The highest BCUT2D eigenvalue weighted by atomic mass is 32.1. The fourth-order valence-corrected chi connectivity index (χ4v) is 3.52. The third-order valence-electron chi connectivity index (χ3n) is 4.09. The van der Waals surface area contributed by atoms with Gasteiger partial charge >= 0.3 is 0 Å². The van der Waals surface area contributed by atoms with Gasteiger partial charge in [-0.25, -0.2) is 0 Å². The monoisotopic (exact) mass is 361 g/mol. The lowest BCUT2D eigenvalue weighted by atomic mass is 10.2. The normalized spacial score (nSPS) is 10.8. The Morgan fingerprint density at radius 1 is 1.20 bits per heavy atom. The number of aryl methyl sites for hydroxylation is 1. The molecule has 2 N–H and O–H groups in total. The first-order chi connectivity index (χ1) is 12.2.